The Balaban J connectivity index is 1.97. The molecule has 2 aromatic carbocycles. The Morgan fingerprint density at radius 3 is 2.55 bits per heavy atom. The van der Waals surface area contributed by atoms with E-state index in [-0.39, 0.29) is 11.7 Å². The maximum atomic E-state index is 12.7. The van der Waals surface area contributed by atoms with Crippen molar-refractivity contribution in [2.24, 2.45) is 0 Å². The Morgan fingerprint density at radius 2 is 1.81 bits per heavy atom. The number of hydrogen-bond acceptors (Lipinski definition) is 5. The van der Waals surface area contributed by atoms with Crippen molar-refractivity contribution >= 4 is 45.1 Å². The molecule has 7 nitrogen and oxygen atoms in total. The van der Waals surface area contributed by atoms with Gasteiger partial charge >= 0.3 is 0 Å². The fraction of sp³-hybridized carbons (Fsp3) is 0.227. The maximum absolute atomic E-state index is 12.7. The second-order valence-electron chi connectivity index (χ2n) is 6.30. The summed E-state index contributed by atoms with van der Waals surface area (Å²) in [4.78, 5) is 25.1. The highest BCUT2D eigenvalue weighted by Gasteiger charge is 2.16. The summed E-state index contributed by atoms with van der Waals surface area (Å²) in [6, 6.07) is 11.9. The molecule has 0 heterocycles. The molecule has 0 unspecified atom stereocenters. The summed E-state index contributed by atoms with van der Waals surface area (Å²) in [5.74, 6) is -0.0782. The molecule has 0 aliphatic rings. The molecule has 2 amide bonds. The van der Waals surface area contributed by atoms with Crippen LogP contribution in [0.4, 0.5) is 0 Å². The van der Waals surface area contributed by atoms with Crippen molar-refractivity contribution in [3.05, 3.63) is 70.7 Å². The Labute approximate surface area is 195 Å². The standard InChI is InChI=1S/C22H24BrN3O4S/c1-3-5-13-30-19-11-10-15(23)14-17(19)20(27)24-22(31)26-25-21(28)16-8-6-7-9-18(16)29-12-4-2/h4,6-11,14H,2-3,5,12-13H2,1H3,(H,25,28)(H2,24,26,27,31). The predicted octanol–water partition coefficient (Wildman–Crippen LogP) is 4.14. The van der Waals surface area contributed by atoms with Crippen LogP contribution >= 0.6 is 28.1 Å². The Kier molecular flexibility index (Phi) is 9.99. The van der Waals surface area contributed by atoms with Gasteiger partial charge in [0.15, 0.2) is 5.11 Å². The molecule has 164 valence electrons. The monoisotopic (exact) mass is 505 g/mol. The van der Waals surface area contributed by atoms with Crippen molar-refractivity contribution in [2.75, 3.05) is 13.2 Å². The third-order valence-electron chi connectivity index (χ3n) is 3.95. The summed E-state index contributed by atoms with van der Waals surface area (Å²) in [6.07, 6.45) is 3.44. The Morgan fingerprint density at radius 1 is 1.06 bits per heavy atom. The van der Waals surface area contributed by atoms with Crippen molar-refractivity contribution in [3.8, 4) is 11.5 Å². The van der Waals surface area contributed by atoms with E-state index in [1.165, 1.54) is 0 Å². The Hall–Kier alpha value is -2.91. The van der Waals surface area contributed by atoms with E-state index in [2.05, 4.69) is 45.6 Å². The topological polar surface area (TPSA) is 88.7 Å². The van der Waals surface area contributed by atoms with Crippen molar-refractivity contribution in [1.82, 2.24) is 16.2 Å². The van der Waals surface area contributed by atoms with E-state index in [1.54, 1.807) is 48.5 Å². The average molecular weight is 506 g/mol. The molecule has 9 heteroatoms. The van der Waals surface area contributed by atoms with Crippen LogP contribution in [-0.2, 0) is 0 Å². The van der Waals surface area contributed by atoms with Crippen LogP contribution < -0.4 is 25.6 Å². The van der Waals surface area contributed by atoms with Crippen molar-refractivity contribution in [1.29, 1.82) is 0 Å². The zero-order valence-corrected chi connectivity index (χ0v) is 19.5. The second kappa shape index (κ2) is 12.7. The number of hydrazine groups is 1. The van der Waals surface area contributed by atoms with Crippen LogP contribution in [0.5, 0.6) is 11.5 Å². The average Bonchev–Trinajstić information content (AvgIpc) is 2.77. The van der Waals surface area contributed by atoms with Crippen LogP contribution in [0.15, 0.2) is 59.6 Å². The number of thiocarbonyl (C=S) groups is 1. The molecule has 0 bridgehead atoms. The van der Waals surface area contributed by atoms with Gasteiger partial charge in [-0.15, -0.1) is 0 Å². The fourth-order valence-corrected chi connectivity index (χ4v) is 2.95. The highest BCUT2D eigenvalue weighted by molar-refractivity contribution is 9.10. The zero-order valence-electron chi connectivity index (χ0n) is 17.1. The van der Waals surface area contributed by atoms with Gasteiger partial charge in [-0.25, -0.2) is 0 Å². The van der Waals surface area contributed by atoms with E-state index in [1.807, 2.05) is 0 Å². The number of unbranched alkanes of at least 4 members (excludes halogenated alkanes) is 1. The van der Waals surface area contributed by atoms with E-state index < -0.39 is 11.8 Å². The summed E-state index contributed by atoms with van der Waals surface area (Å²) < 4.78 is 11.9. The number of nitrogens with one attached hydrogen (secondary N) is 3. The number of carbonyl (C=O) groups is 2. The molecule has 0 saturated carbocycles. The molecule has 0 fully saturated rings. The fourth-order valence-electron chi connectivity index (χ4n) is 2.44. The van der Waals surface area contributed by atoms with Crippen molar-refractivity contribution < 1.29 is 19.1 Å². The minimum atomic E-state index is -0.470. The molecule has 0 radical (unpaired) electrons. The number of ether oxygens (including phenoxy) is 2. The maximum Gasteiger partial charge on any atom is 0.273 e. The quantitative estimate of drug-likeness (QED) is 0.205. The van der Waals surface area contributed by atoms with E-state index in [0.29, 0.717) is 29.2 Å². The molecule has 0 spiro atoms. The molecular weight excluding hydrogens is 482 g/mol. The number of hydrogen-bond donors (Lipinski definition) is 3. The molecule has 3 N–H and O–H groups in total. The third kappa shape index (κ3) is 7.69. The molecule has 0 atom stereocenters. The molecule has 0 saturated heterocycles. The summed E-state index contributed by atoms with van der Waals surface area (Å²) in [6.45, 7) is 6.41. The first-order valence-electron chi connectivity index (χ1n) is 9.63. The molecular formula is C22H24BrN3O4S. The Bertz CT molecular complexity index is 952. The number of rotatable bonds is 9. The second-order valence-corrected chi connectivity index (χ2v) is 7.62. The highest BCUT2D eigenvalue weighted by atomic mass is 79.9. The van der Waals surface area contributed by atoms with Gasteiger partial charge < -0.3 is 9.47 Å². The highest BCUT2D eigenvalue weighted by Crippen LogP contribution is 2.23. The van der Waals surface area contributed by atoms with Crippen molar-refractivity contribution in [3.63, 3.8) is 0 Å². The minimum Gasteiger partial charge on any atom is -0.493 e. The number of carbonyl (C=O) groups excluding carboxylic acids is 2. The lowest BCUT2D eigenvalue weighted by atomic mass is 10.2. The van der Waals surface area contributed by atoms with E-state index in [0.717, 1.165) is 17.3 Å². The van der Waals surface area contributed by atoms with Crippen LogP contribution in [0.3, 0.4) is 0 Å². The number of halogens is 1. The summed E-state index contributed by atoms with van der Waals surface area (Å²) in [7, 11) is 0. The lowest BCUT2D eigenvalue weighted by Crippen LogP contribution is -2.48. The largest absolute Gasteiger partial charge is 0.493 e. The molecule has 0 aliphatic heterocycles. The van der Waals surface area contributed by atoms with Gasteiger partial charge in [-0.05, 0) is 49.0 Å². The summed E-state index contributed by atoms with van der Waals surface area (Å²) >= 11 is 8.48. The summed E-state index contributed by atoms with van der Waals surface area (Å²) in [5, 5.41) is 2.46. The van der Waals surface area contributed by atoms with Crippen LogP contribution in [0, 0.1) is 0 Å². The molecule has 31 heavy (non-hydrogen) atoms. The van der Waals surface area contributed by atoms with E-state index in [4.69, 9.17) is 21.7 Å². The van der Waals surface area contributed by atoms with Crippen LogP contribution in [0.1, 0.15) is 40.5 Å². The molecule has 2 aromatic rings. The molecule has 0 aliphatic carbocycles. The lowest BCUT2D eigenvalue weighted by molar-refractivity contribution is 0.0930. The van der Waals surface area contributed by atoms with Gasteiger partial charge in [0, 0.05) is 4.47 Å². The lowest BCUT2D eigenvalue weighted by Gasteiger charge is -2.14. The first-order valence-corrected chi connectivity index (χ1v) is 10.8. The van der Waals surface area contributed by atoms with E-state index >= 15 is 0 Å². The van der Waals surface area contributed by atoms with Gasteiger partial charge in [0.05, 0.1) is 17.7 Å². The van der Waals surface area contributed by atoms with Gasteiger partial charge in [0.25, 0.3) is 11.8 Å². The molecule has 0 aromatic heterocycles. The van der Waals surface area contributed by atoms with Gasteiger partial charge in [-0.3, -0.25) is 25.8 Å². The first kappa shape index (κ1) is 24.4. The third-order valence-corrected chi connectivity index (χ3v) is 4.64. The number of para-hydroxylation sites is 1. The first-order chi connectivity index (χ1) is 15.0. The van der Waals surface area contributed by atoms with Gasteiger partial charge in [-0.1, -0.05) is 54.1 Å². The van der Waals surface area contributed by atoms with Crippen molar-refractivity contribution in [2.45, 2.75) is 19.8 Å². The number of amides is 2. The molecule has 2 rings (SSSR count). The smallest absolute Gasteiger partial charge is 0.273 e. The minimum absolute atomic E-state index is 0.0673. The van der Waals surface area contributed by atoms with Gasteiger partial charge in [0.1, 0.15) is 18.1 Å². The number of benzene rings is 2. The van der Waals surface area contributed by atoms with E-state index in [9.17, 15) is 9.59 Å². The zero-order chi connectivity index (χ0) is 22.6. The van der Waals surface area contributed by atoms with Crippen LogP contribution in [0.25, 0.3) is 0 Å². The van der Waals surface area contributed by atoms with Crippen LogP contribution in [-0.4, -0.2) is 30.1 Å². The normalized spacial score (nSPS) is 10.0. The van der Waals surface area contributed by atoms with Gasteiger partial charge in [-0.2, -0.15) is 0 Å². The van der Waals surface area contributed by atoms with Crippen LogP contribution in [0.2, 0.25) is 0 Å². The predicted molar refractivity (Wildman–Crippen MR) is 127 cm³/mol. The summed E-state index contributed by atoms with van der Waals surface area (Å²) in [5.41, 5.74) is 5.61. The van der Waals surface area contributed by atoms with Gasteiger partial charge in [0.2, 0.25) is 0 Å². The SMILES string of the molecule is C=CCOc1ccccc1C(=O)NNC(=S)NC(=O)c1cc(Br)ccc1OCCCC.